The van der Waals surface area contributed by atoms with E-state index in [1.165, 1.54) is 18.4 Å². The van der Waals surface area contributed by atoms with Crippen LogP contribution >= 0.6 is 11.3 Å². The van der Waals surface area contributed by atoms with Gasteiger partial charge < -0.3 is 19.9 Å². The van der Waals surface area contributed by atoms with Gasteiger partial charge in [-0.2, -0.15) is 0 Å². The Morgan fingerprint density at radius 3 is 2.77 bits per heavy atom. The molecule has 0 aliphatic carbocycles. The van der Waals surface area contributed by atoms with E-state index in [2.05, 4.69) is 15.6 Å². The first-order valence-electron chi connectivity index (χ1n) is 9.24. The fourth-order valence-electron chi connectivity index (χ4n) is 3.08. The summed E-state index contributed by atoms with van der Waals surface area (Å²) in [5.74, 6) is 0.307. The average molecular weight is 421 g/mol. The number of nitrogens with one attached hydrogen (secondary N) is 2. The number of ether oxygens (including phenoxy) is 1. The number of aromatic nitrogens is 3. The van der Waals surface area contributed by atoms with Gasteiger partial charge >= 0.3 is 12.0 Å². The van der Waals surface area contributed by atoms with Crippen LogP contribution in [-0.4, -0.2) is 40.2 Å². The van der Waals surface area contributed by atoms with Crippen molar-refractivity contribution in [2.45, 2.75) is 6.54 Å². The molecule has 2 N–H and O–H groups in total. The molecule has 0 aliphatic heterocycles. The molecule has 0 saturated carbocycles. The lowest BCUT2D eigenvalue weighted by molar-refractivity contribution is 0.0607. The van der Waals surface area contributed by atoms with Gasteiger partial charge in [0.25, 0.3) is 0 Å². The number of esters is 1. The second-order valence-corrected chi connectivity index (χ2v) is 7.25. The van der Waals surface area contributed by atoms with Crippen molar-refractivity contribution in [3.63, 3.8) is 0 Å². The molecule has 0 fully saturated rings. The van der Waals surface area contributed by atoms with Crippen molar-refractivity contribution in [1.29, 1.82) is 0 Å². The number of hydrogen-bond acceptors (Lipinski definition) is 6. The molecule has 30 heavy (non-hydrogen) atoms. The van der Waals surface area contributed by atoms with E-state index in [1.807, 2.05) is 47.0 Å². The second kappa shape index (κ2) is 8.75. The predicted molar refractivity (Wildman–Crippen MR) is 116 cm³/mol. The fraction of sp³-hybridized carbons (Fsp3) is 0.143. The van der Waals surface area contributed by atoms with E-state index < -0.39 is 12.0 Å². The quantitative estimate of drug-likeness (QED) is 0.462. The summed E-state index contributed by atoms with van der Waals surface area (Å²) in [4.78, 5) is 33.6. The van der Waals surface area contributed by atoms with Gasteiger partial charge in [0.2, 0.25) is 0 Å². The molecule has 3 aromatic heterocycles. The highest BCUT2D eigenvalue weighted by molar-refractivity contribution is 7.12. The van der Waals surface area contributed by atoms with Gasteiger partial charge in [0.15, 0.2) is 5.65 Å². The van der Waals surface area contributed by atoms with Crippen molar-refractivity contribution in [3.8, 4) is 11.4 Å². The SMILES string of the molecule is COC(=O)c1sccc1NC(=O)NCCn1c(-c2ccccc2)nc2cccnc21. The van der Waals surface area contributed by atoms with Crippen LogP contribution in [0.4, 0.5) is 10.5 Å². The molecule has 1 aromatic carbocycles. The average Bonchev–Trinajstić information content (AvgIpc) is 3.38. The summed E-state index contributed by atoms with van der Waals surface area (Å²) in [5, 5.41) is 7.22. The number of pyridine rings is 1. The highest BCUT2D eigenvalue weighted by atomic mass is 32.1. The van der Waals surface area contributed by atoms with Crippen molar-refractivity contribution in [2.24, 2.45) is 0 Å². The molecule has 9 heteroatoms. The van der Waals surface area contributed by atoms with Crippen LogP contribution in [0.3, 0.4) is 0 Å². The Hall–Kier alpha value is -3.72. The minimum absolute atomic E-state index is 0.351. The molecule has 0 atom stereocenters. The van der Waals surface area contributed by atoms with Crippen molar-refractivity contribution < 1.29 is 14.3 Å². The third-order valence-electron chi connectivity index (χ3n) is 4.44. The van der Waals surface area contributed by atoms with E-state index in [0.717, 1.165) is 22.6 Å². The van der Waals surface area contributed by atoms with Crippen molar-refractivity contribution >= 4 is 40.2 Å². The Bertz CT molecular complexity index is 1190. The van der Waals surface area contributed by atoms with Crippen LogP contribution in [0.25, 0.3) is 22.6 Å². The number of rotatable bonds is 6. The van der Waals surface area contributed by atoms with E-state index in [9.17, 15) is 9.59 Å². The first-order valence-corrected chi connectivity index (χ1v) is 10.1. The maximum Gasteiger partial charge on any atom is 0.350 e. The maximum atomic E-state index is 12.3. The minimum atomic E-state index is -0.483. The van der Waals surface area contributed by atoms with Gasteiger partial charge in [0.05, 0.1) is 12.8 Å². The van der Waals surface area contributed by atoms with Crippen molar-refractivity contribution in [2.75, 3.05) is 19.0 Å². The van der Waals surface area contributed by atoms with E-state index in [1.54, 1.807) is 17.6 Å². The minimum Gasteiger partial charge on any atom is -0.465 e. The van der Waals surface area contributed by atoms with Crippen LogP contribution < -0.4 is 10.6 Å². The van der Waals surface area contributed by atoms with Gasteiger partial charge in [-0.25, -0.2) is 19.6 Å². The van der Waals surface area contributed by atoms with Gasteiger partial charge in [-0.05, 0) is 23.6 Å². The topological polar surface area (TPSA) is 98.1 Å². The van der Waals surface area contributed by atoms with Gasteiger partial charge in [-0.15, -0.1) is 11.3 Å². The molecule has 0 aliphatic rings. The predicted octanol–water partition coefficient (Wildman–Crippen LogP) is 3.77. The smallest absolute Gasteiger partial charge is 0.350 e. The van der Waals surface area contributed by atoms with Crippen LogP contribution in [0.2, 0.25) is 0 Å². The molecule has 0 saturated heterocycles. The number of fused-ring (bicyclic) bond motifs is 1. The number of hydrogen-bond donors (Lipinski definition) is 2. The zero-order valence-electron chi connectivity index (χ0n) is 16.2. The molecule has 4 aromatic rings. The lowest BCUT2D eigenvalue weighted by Gasteiger charge is -2.11. The lowest BCUT2D eigenvalue weighted by Crippen LogP contribution is -2.32. The first kappa shape index (κ1) is 19.6. The normalized spacial score (nSPS) is 10.7. The standard InChI is InChI=1S/C21H19N5O3S/c1-29-20(27)17-15(9-13-30-17)25-21(28)23-11-12-26-18(14-6-3-2-4-7-14)24-16-8-5-10-22-19(16)26/h2-10,13H,11-12H2,1H3,(H2,23,25,28). The Labute approximate surface area is 176 Å². The van der Waals surface area contributed by atoms with Crippen LogP contribution in [0, 0.1) is 0 Å². The second-order valence-electron chi connectivity index (χ2n) is 6.34. The van der Waals surface area contributed by atoms with Crippen LogP contribution in [0.5, 0.6) is 0 Å². The zero-order chi connectivity index (χ0) is 20.9. The zero-order valence-corrected chi connectivity index (χ0v) is 17.0. The number of benzene rings is 1. The van der Waals surface area contributed by atoms with Crippen molar-refractivity contribution in [3.05, 3.63) is 65.0 Å². The van der Waals surface area contributed by atoms with E-state index >= 15 is 0 Å². The van der Waals surface area contributed by atoms with Gasteiger partial charge in [-0.1, -0.05) is 30.3 Å². The summed E-state index contributed by atoms with van der Waals surface area (Å²) in [6, 6.07) is 14.9. The first-order chi connectivity index (χ1) is 14.7. The Morgan fingerprint density at radius 2 is 1.97 bits per heavy atom. The van der Waals surface area contributed by atoms with Crippen molar-refractivity contribution in [1.82, 2.24) is 19.9 Å². The number of carbonyl (C=O) groups excluding carboxylic acids is 2. The molecule has 0 radical (unpaired) electrons. The molecule has 0 spiro atoms. The van der Waals surface area contributed by atoms with Gasteiger partial charge in [-0.3, -0.25) is 0 Å². The molecule has 4 rings (SSSR count). The highest BCUT2D eigenvalue weighted by Gasteiger charge is 2.16. The number of thiophene rings is 1. The maximum absolute atomic E-state index is 12.3. The van der Waals surface area contributed by atoms with Gasteiger partial charge in [0, 0.05) is 24.8 Å². The number of carbonyl (C=O) groups is 2. The van der Waals surface area contributed by atoms with Crippen LogP contribution in [0.1, 0.15) is 9.67 Å². The fourth-order valence-corrected chi connectivity index (χ4v) is 3.85. The Morgan fingerprint density at radius 1 is 1.13 bits per heavy atom. The molecule has 0 unspecified atom stereocenters. The monoisotopic (exact) mass is 421 g/mol. The Kier molecular flexibility index (Phi) is 5.71. The third kappa shape index (κ3) is 4.01. The number of urea groups is 1. The number of methoxy groups -OCH3 is 1. The summed E-state index contributed by atoms with van der Waals surface area (Å²) in [5.41, 5.74) is 2.94. The van der Waals surface area contributed by atoms with E-state index in [0.29, 0.717) is 23.7 Å². The van der Waals surface area contributed by atoms with Crippen LogP contribution in [-0.2, 0) is 11.3 Å². The number of anilines is 1. The molecular formula is C21H19N5O3S. The summed E-state index contributed by atoms with van der Waals surface area (Å²) >= 11 is 1.21. The summed E-state index contributed by atoms with van der Waals surface area (Å²) in [6.07, 6.45) is 1.72. The third-order valence-corrected chi connectivity index (χ3v) is 5.34. The van der Waals surface area contributed by atoms with Gasteiger partial charge in [0.1, 0.15) is 16.2 Å². The number of nitrogens with zero attached hydrogens (tertiary/aromatic N) is 3. The molecular weight excluding hydrogens is 402 g/mol. The summed E-state index contributed by atoms with van der Waals surface area (Å²) in [7, 11) is 1.31. The molecule has 0 bridgehead atoms. The van der Waals surface area contributed by atoms with Crippen LogP contribution in [0.15, 0.2) is 60.1 Å². The number of imidazole rings is 1. The molecule has 3 heterocycles. The van der Waals surface area contributed by atoms with E-state index in [-0.39, 0.29) is 0 Å². The molecule has 152 valence electrons. The Balaban J connectivity index is 1.47. The summed E-state index contributed by atoms with van der Waals surface area (Å²) < 4.78 is 6.71. The largest absolute Gasteiger partial charge is 0.465 e. The highest BCUT2D eigenvalue weighted by Crippen LogP contribution is 2.24. The summed E-state index contributed by atoms with van der Waals surface area (Å²) in [6.45, 7) is 0.837. The lowest BCUT2D eigenvalue weighted by atomic mass is 10.2. The molecule has 8 nitrogen and oxygen atoms in total. The number of amides is 2. The van der Waals surface area contributed by atoms with E-state index in [4.69, 9.17) is 9.72 Å². The molecule has 2 amide bonds.